The van der Waals surface area contributed by atoms with Crippen LogP contribution in [0.3, 0.4) is 0 Å². The van der Waals surface area contributed by atoms with Crippen molar-refractivity contribution in [2.45, 2.75) is 18.2 Å². The molecule has 0 saturated carbocycles. The molecule has 0 aliphatic heterocycles. The lowest BCUT2D eigenvalue weighted by Crippen LogP contribution is -3.00. The molecule has 1 amide bonds. The first kappa shape index (κ1) is 26.1. The third-order valence-electron chi connectivity index (χ3n) is 4.66. The Kier molecular flexibility index (Phi) is 9.45. The number of anilines is 1. The molecule has 0 bridgehead atoms. The normalized spacial score (nSPS) is 11.4. The average molecular weight is 497 g/mol. The molecule has 0 atom stereocenters. The molecule has 3 rings (SSSR count). The zero-order valence-electron chi connectivity index (χ0n) is 18.3. The Hall–Kier alpha value is -2.20. The fourth-order valence-corrected chi connectivity index (χ4v) is 5.31. The van der Waals surface area contributed by atoms with Crippen LogP contribution in [0.4, 0.5) is 5.13 Å². The largest absolute Gasteiger partial charge is 1.00 e. The van der Waals surface area contributed by atoms with E-state index in [2.05, 4.69) is 4.98 Å². The van der Waals surface area contributed by atoms with Gasteiger partial charge in [-0.15, -0.1) is 0 Å². The molecule has 0 saturated heterocycles. The van der Waals surface area contributed by atoms with Crippen LogP contribution in [0.25, 0.3) is 10.2 Å². The Morgan fingerprint density at radius 3 is 2.44 bits per heavy atom. The molecule has 1 heterocycles. The molecule has 1 aromatic heterocycles. The van der Waals surface area contributed by atoms with Crippen LogP contribution in [0.1, 0.15) is 13.3 Å². The standard InChI is InChI=1S/C22H27N3O4S2.ClH/c1-4-29-18-11-8-12-19-21(18)23-22(30-19)25(15-14-24(2)3)20(26)13-16-31(27,28)17-9-6-5-7-10-17;/h5-12H,4,13-16H2,1-3H3;1H/p-1. The Morgan fingerprint density at radius 2 is 1.78 bits per heavy atom. The maximum Gasteiger partial charge on any atom is 0.229 e. The molecule has 2 aromatic carbocycles. The summed E-state index contributed by atoms with van der Waals surface area (Å²) in [5.74, 6) is 0.163. The van der Waals surface area contributed by atoms with Crippen molar-refractivity contribution in [3.8, 4) is 5.75 Å². The van der Waals surface area contributed by atoms with E-state index in [4.69, 9.17) is 4.74 Å². The highest BCUT2D eigenvalue weighted by molar-refractivity contribution is 7.91. The van der Waals surface area contributed by atoms with Crippen LogP contribution >= 0.6 is 11.3 Å². The van der Waals surface area contributed by atoms with Crippen molar-refractivity contribution in [2.24, 2.45) is 0 Å². The van der Waals surface area contributed by atoms with Crippen LogP contribution in [0, 0.1) is 0 Å². The van der Waals surface area contributed by atoms with E-state index in [1.165, 1.54) is 11.3 Å². The van der Waals surface area contributed by atoms with Crippen molar-refractivity contribution in [3.63, 3.8) is 0 Å². The fourth-order valence-electron chi connectivity index (χ4n) is 3.03. The molecule has 0 aliphatic rings. The number of aromatic nitrogens is 1. The van der Waals surface area contributed by atoms with Crippen LogP contribution in [-0.2, 0) is 14.6 Å². The number of rotatable bonds is 10. The molecular weight excluding hydrogens is 470 g/mol. The summed E-state index contributed by atoms with van der Waals surface area (Å²) in [6.07, 6.45) is -0.112. The van der Waals surface area contributed by atoms with E-state index in [0.717, 1.165) is 4.70 Å². The van der Waals surface area contributed by atoms with Gasteiger partial charge in [0, 0.05) is 19.5 Å². The molecule has 174 valence electrons. The topological polar surface area (TPSA) is 79.8 Å². The van der Waals surface area contributed by atoms with Gasteiger partial charge in [-0.2, -0.15) is 0 Å². The molecule has 32 heavy (non-hydrogen) atoms. The summed E-state index contributed by atoms with van der Waals surface area (Å²) in [4.78, 5) is 21.5. The van der Waals surface area contributed by atoms with Gasteiger partial charge in [0.15, 0.2) is 15.0 Å². The molecular formula is C22H27ClN3O4S2-. The first-order chi connectivity index (χ1) is 14.8. The van der Waals surface area contributed by atoms with Gasteiger partial charge in [-0.25, -0.2) is 13.4 Å². The number of benzene rings is 2. The van der Waals surface area contributed by atoms with Gasteiger partial charge in [-0.05, 0) is 45.3 Å². The Morgan fingerprint density at radius 1 is 1.06 bits per heavy atom. The molecule has 10 heteroatoms. The highest BCUT2D eigenvalue weighted by Gasteiger charge is 2.24. The van der Waals surface area contributed by atoms with Crippen LogP contribution in [0.5, 0.6) is 5.75 Å². The predicted octanol–water partition coefficient (Wildman–Crippen LogP) is 0.458. The summed E-state index contributed by atoms with van der Waals surface area (Å²) in [6, 6.07) is 13.9. The van der Waals surface area contributed by atoms with Crippen molar-refractivity contribution < 1.29 is 30.4 Å². The number of hydrogen-bond acceptors (Lipinski definition) is 7. The number of sulfone groups is 1. The molecule has 3 aromatic rings. The van der Waals surface area contributed by atoms with Gasteiger partial charge < -0.3 is 22.0 Å². The summed E-state index contributed by atoms with van der Waals surface area (Å²) in [7, 11) is 0.313. The SMILES string of the molecule is CCOc1cccc2sc(N(CCN(C)C)C(=O)CCS(=O)(=O)c3ccccc3)nc12.[Cl-]. The van der Waals surface area contributed by atoms with E-state index >= 15 is 0 Å². The number of thiazole rings is 1. The number of ether oxygens (including phenoxy) is 1. The summed E-state index contributed by atoms with van der Waals surface area (Å²) in [5, 5.41) is 0.547. The second-order valence-electron chi connectivity index (χ2n) is 7.26. The van der Waals surface area contributed by atoms with Crippen molar-refractivity contribution in [2.75, 3.05) is 44.4 Å². The minimum atomic E-state index is -3.54. The zero-order chi connectivity index (χ0) is 22.4. The van der Waals surface area contributed by atoms with Crippen molar-refractivity contribution >= 4 is 42.4 Å². The van der Waals surface area contributed by atoms with Gasteiger partial charge in [0.25, 0.3) is 0 Å². The number of carbonyl (C=O) groups excluding carboxylic acids is 1. The number of halogens is 1. The van der Waals surface area contributed by atoms with Crippen molar-refractivity contribution in [3.05, 3.63) is 48.5 Å². The Labute approximate surface area is 199 Å². The Bertz CT molecular complexity index is 1130. The first-order valence-electron chi connectivity index (χ1n) is 10.1. The van der Waals surface area contributed by atoms with E-state index in [0.29, 0.717) is 36.1 Å². The average Bonchev–Trinajstić information content (AvgIpc) is 3.18. The van der Waals surface area contributed by atoms with Crippen LogP contribution in [-0.4, -0.2) is 63.8 Å². The number of amides is 1. The molecule has 0 aliphatic carbocycles. The summed E-state index contributed by atoms with van der Waals surface area (Å²) in [6.45, 7) is 3.48. The van der Waals surface area contributed by atoms with Gasteiger partial charge in [0.1, 0.15) is 11.3 Å². The number of likely N-dealkylation sites (N-methyl/N-ethyl adjacent to an activating group) is 1. The van der Waals surface area contributed by atoms with Crippen molar-refractivity contribution in [1.29, 1.82) is 0 Å². The van der Waals surface area contributed by atoms with Gasteiger partial charge >= 0.3 is 0 Å². The van der Waals surface area contributed by atoms with Gasteiger partial charge in [0.2, 0.25) is 5.91 Å². The van der Waals surface area contributed by atoms with Gasteiger partial charge in [0.05, 0.1) is 22.0 Å². The lowest BCUT2D eigenvalue weighted by atomic mass is 10.3. The maximum absolute atomic E-state index is 13.1. The van der Waals surface area contributed by atoms with Crippen LogP contribution < -0.4 is 22.0 Å². The molecule has 0 fully saturated rings. The second kappa shape index (κ2) is 11.6. The monoisotopic (exact) mass is 496 g/mol. The van der Waals surface area contributed by atoms with Crippen molar-refractivity contribution in [1.82, 2.24) is 9.88 Å². The quantitative estimate of drug-likeness (QED) is 0.405. The summed E-state index contributed by atoms with van der Waals surface area (Å²) >= 11 is 1.40. The predicted molar refractivity (Wildman–Crippen MR) is 125 cm³/mol. The van der Waals surface area contributed by atoms with E-state index in [1.54, 1.807) is 35.2 Å². The number of fused-ring (bicyclic) bond motifs is 1. The first-order valence-corrected chi connectivity index (χ1v) is 12.5. The Balaban J connectivity index is 0.00000363. The minimum absolute atomic E-state index is 0. The third kappa shape index (κ3) is 6.41. The highest BCUT2D eigenvalue weighted by atomic mass is 35.5. The second-order valence-corrected chi connectivity index (χ2v) is 10.4. The summed E-state index contributed by atoms with van der Waals surface area (Å²) in [5.41, 5.74) is 0.712. The zero-order valence-corrected chi connectivity index (χ0v) is 20.7. The molecule has 0 N–H and O–H groups in total. The molecule has 7 nitrogen and oxygen atoms in total. The van der Waals surface area contributed by atoms with Gasteiger partial charge in [-0.1, -0.05) is 35.6 Å². The lowest BCUT2D eigenvalue weighted by molar-refractivity contribution is -0.118. The number of hydrogen-bond donors (Lipinski definition) is 0. The van der Waals surface area contributed by atoms with Crippen LogP contribution in [0.2, 0.25) is 0 Å². The smallest absolute Gasteiger partial charge is 0.229 e. The van der Waals surface area contributed by atoms with E-state index in [1.807, 2.05) is 44.1 Å². The van der Waals surface area contributed by atoms with Crippen LogP contribution in [0.15, 0.2) is 53.4 Å². The highest BCUT2D eigenvalue weighted by Crippen LogP contribution is 2.34. The van der Waals surface area contributed by atoms with E-state index in [-0.39, 0.29) is 35.4 Å². The molecule has 0 unspecified atom stereocenters. The lowest BCUT2D eigenvalue weighted by Gasteiger charge is -2.22. The number of carbonyl (C=O) groups is 1. The molecule has 0 radical (unpaired) electrons. The van der Waals surface area contributed by atoms with Gasteiger partial charge in [-0.3, -0.25) is 9.69 Å². The van der Waals surface area contributed by atoms with E-state index < -0.39 is 9.84 Å². The molecule has 0 spiro atoms. The maximum atomic E-state index is 13.1. The van der Waals surface area contributed by atoms with E-state index in [9.17, 15) is 13.2 Å². The number of nitrogens with zero attached hydrogens (tertiary/aromatic N) is 3. The minimum Gasteiger partial charge on any atom is -1.00 e. The fraction of sp³-hybridized carbons (Fsp3) is 0.364. The summed E-state index contributed by atoms with van der Waals surface area (Å²) < 4.78 is 31.8. The number of para-hydroxylation sites is 1. The third-order valence-corrected chi connectivity index (χ3v) is 7.44.